The Balaban J connectivity index is 1.81. The zero-order valence-corrected chi connectivity index (χ0v) is 18.2. The third-order valence-corrected chi connectivity index (χ3v) is 7.12. The molecule has 1 saturated heterocycles. The van der Waals surface area contributed by atoms with Crippen LogP contribution in [0.15, 0.2) is 18.5 Å². The summed E-state index contributed by atoms with van der Waals surface area (Å²) in [4.78, 5) is 16.2. The fraction of sp³-hybridized carbons (Fsp3) is 0.429. The summed E-state index contributed by atoms with van der Waals surface area (Å²) in [5.41, 5.74) is 2.41. The van der Waals surface area contributed by atoms with Crippen molar-refractivity contribution < 1.29 is 9.84 Å². The molecule has 0 unspecified atom stereocenters. The van der Waals surface area contributed by atoms with E-state index in [9.17, 15) is 5.11 Å². The molecule has 8 nitrogen and oxygen atoms in total. The number of aromatic nitrogens is 5. The first-order valence-corrected chi connectivity index (χ1v) is 10.8. The summed E-state index contributed by atoms with van der Waals surface area (Å²) >= 11 is 1.56. The van der Waals surface area contributed by atoms with E-state index in [2.05, 4.69) is 27.0 Å². The molecule has 1 aliphatic rings. The molecule has 2 N–H and O–H groups in total. The Hall–Kier alpha value is -2.62. The zero-order valence-electron chi connectivity index (χ0n) is 17.4. The predicted molar refractivity (Wildman–Crippen MR) is 118 cm³/mol. The first kappa shape index (κ1) is 19.3. The summed E-state index contributed by atoms with van der Waals surface area (Å²) in [7, 11) is 0. The summed E-state index contributed by atoms with van der Waals surface area (Å²) < 4.78 is 6.63. The Morgan fingerprint density at radius 1 is 1.33 bits per heavy atom. The normalized spacial score (nSPS) is 17.9. The Bertz CT molecular complexity index is 1240. The van der Waals surface area contributed by atoms with Crippen LogP contribution in [-0.2, 0) is 10.3 Å². The Morgan fingerprint density at radius 2 is 2.17 bits per heavy atom. The number of H-pyrrole nitrogens is 1. The van der Waals surface area contributed by atoms with E-state index in [0.29, 0.717) is 24.7 Å². The maximum atomic E-state index is 10.7. The van der Waals surface area contributed by atoms with Gasteiger partial charge in [-0.3, -0.25) is 0 Å². The highest BCUT2D eigenvalue weighted by Crippen LogP contribution is 2.42. The number of aromatic amines is 1. The minimum absolute atomic E-state index is 0.187. The van der Waals surface area contributed by atoms with Crippen molar-refractivity contribution in [2.45, 2.75) is 39.3 Å². The van der Waals surface area contributed by atoms with E-state index < -0.39 is 5.60 Å². The molecule has 1 atom stereocenters. The van der Waals surface area contributed by atoms with Crippen molar-refractivity contribution in [3.63, 3.8) is 0 Å². The van der Waals surface area contributed by atoms with Crippen molar-refractivity contribution >= 4 is 38.3 Å². The molecule has 5 rings (SSSR count). The SMILES string of the molecule is Cc1c(C(C)(C)O)sc2c(N3CCOC[C@H]3C)nc(-c3nncc4[nH]ccc34)nc12. The number of nitrogens with zero attached hydrogens (tertiary/aromatic N) is 5. The van der Waals surface area contributed by atoms with Crippen LogP contribution in [-0.4, -0.2) is 56.1 Å². The fourth-order valence-corrected chi connectivity index (χ4v) is 5.31. The number of anilines is 1. The van der Waals surface area contributed by atoms with Crippen molar-refractivity contribution in [2.24, 2.45) is 0 Å². The van der Waals surface area contributed by atoms with Crippen LogP contribution in [0.4, 0.5) is 5.82 Å². The zero-order chi connectivity index (χ0) is 21.0. The average molecular weight is 425 g/mol. The summed E-state index contributed by atoms with van der Waals surface area (Å²) in [6.45, 7) is 9.82. The van der Waals surface area contributed by atoms with Gasteiger partial charge < -0.3 is 19.7 Å². The third kappa shape index (κ3) is 3.05. The van der Waals surface area contributed by atoms with Crippen molar-refractivity contribution in [1.29, 1.82) is 0 Å². The van der Waals surface area contributed by atoms with E-state index in [4.69, 9.17) is 14.7 Å². The summed E-state index contributed by atoms with van der Waals surface area (Å²) in [5.74, 6) is 1.40. The first-order chi connectivity index (χ1) is 14.3. The number of fused-ring (bicyclic) bond motifs is 2. The van der Waals surface area contributed by atoms with E-state index in [1.54, 1.807) is 17.5 Å². The maximum Gasteiger partial charge on any atom is 0.183 e. The second-order valence-electron chi connectivity index (χ2n) is 8.28. The molecule has 0 spiro atoms. The fourth-order valence-electron chi connectivity index (χ4n) is 4.06. The number of thiophene rings is 1. The highest BCUT2D eigenvalue weighted by atomic mass is 32.1. The van der Waals surface area contributed by atoms with Gasteiger partial charge in [0, 0.05) is 23.0 Å². The van der Waals surface area contributed by atoms with Crippen LogP contribution >= 0.6 is 11.3 Å². The molecule has 4 aromatic heterocycles. The summed E-state index contributed by atoms with van der Waals surface area (Å²) in [6, 6.07) is 2.15. The van der Waals surface area contributed by atoms with Crippen molar-refractivity contribution in [2.75, 3.05) is 24.7 Å². The average Bonchev–Trinajstić information content (AvgIpc) is 3.32. The first-order valence-electron chi connectivity index (χ1n) is 10.0. The van der Waals surface area contributed by atoms with Gasteiger partial charge >= 0.3 is 0 Å². The minimum Gasteiger partial charge on any atom is -0.385 e. The van der Waals surface area contributed by atoms with E-state index in [1.165, 1.54) is 0 Å². The molecular formula is C21H24N6O2S. The Labute approximate surface area is 177 Å². The van der Waals surface area contributed by atoms with Crippen molar-refractivity contribution in [3.8, 4) is 11.5 Å². The van der Waals surface area contributed by atoms with E-state index in [-0.39, 0.29) is 6.04 Å². The van der Waals surface area contributed by atoms with Crippen molar-refractivity contribution in [1.82, 2.24) is 25.1 Å². The van der Waals surface area contributed by atoms with Gasteiger partial charge in [0.25, 0.3) is 0 Å². The standard InChI is InChI=1S/C21H24N6O2S/c1-11-10-29-8-7-27(11)20-17-15(12(2)18(30-17)21(3,4)28)24-19(25-20)16-13-5-6-22-14(13)9-23-26-16/h5-6,9,11,22,28H,7-8,10H2,1-4H3/t11-/m1/s1. The molecule has 0 aliphatic carbocycles. The van der Waals surface area contributed by atoms with Gasteiger partial charge in [0.1, 0.15) is 5.69 Å². The molecule has 0 saturated carbocycles. The second-order valence-corrected chi connectivity index (χ2v) is 9.30. The number of ether oxygens (including phenoxy) is 1. The maximum absolute atomic E-state index is 10.7. The van der Waals surface area contributed by atoms with E-state index >= 15 is 0 Å². The van der Waals surface area contributed by atoms with Crippen LogP contribution in [0.25, 0.3) is 32.6 Å². The number of aliphatic hydroxyl groups is 1. The van der Waals surface area contributed by atoms with Crippen LogP contribution in [0.2, 0.25) is 0 Å². The lowest BCUT2D eigenvalue weighted by Crippen LogP contribution is -2.44. The van der Waals surface area contributed by atoms with Crippen LogP contribution in [0.5, 0.6) is 0 Å². The number of nitrogens with one attached hydrogen (secondary N) is 1. The quantitative estimate of drug-likeness (QED) is 0.520. The molecule has 1 aliphatic heterocycles. The van der Waals surface area contributed by atoms with Gasteiger partial charge in [-0.25, -0.2) is 9.97 Å². The summed E-state index contributed by atoms with van der Waals surface area (Å²) in [6.07, 6.45) is 3.56. The largest absolute Gasteiger partial charge is 0.385 e. The van der Waals surface area contributed by atoms with Crippen LogP contribution in [0, 0.1) is 6.92 Å². The molecule has 0 bridgehead atoms. The van der Waals surface area contributed by atoms with Gasteiger partial charge in [-0.05, 0) is 39.3 Å². The molecule has 156 valence electrons. The lowest BCUT2D eigenvalue weighted by atomic mass is 10.0. The molecule has 4 aromatic rings. The molecule has 1 fully saturated rings. The molecule has 0 radical (unpaired) electrons. The lowest BCUT2D eigenvalue weighted by molar-refractivity contribution is 0.0820. The number of hydrogen-bond donors (Lipinski definition) is 2. The summed E-state index contributed by atoms with van der Waals surface area (Å²) in [5, 5.41) is 20.2. The number of rotatable bonds is 3. The van der Waals surface area contributed by atoms with E-state index in [1.807, 2.05) is 33.0 Å². The van der Waals surface area contributed by atoms with Crippen molar-refractivity contribution in [3.05, 3.63) is 28.9 Å². The number of aryl methyl sites for hydroxylation is 1. The minimum atomic E-state index is -0.954. The van der Waals surface area contributed by atoms with Gasteiger partial charge in [-0.15, -0.1) is 16.4 Å². The second kappa shape index (κ2) is 6.97. The van der Waals surface area contributed by atoms with Crippen LogP contribution in [0.1, 0.15) is 31.2 Å². The highest BCUT2D eigenvalue weighted by molar-refractivity contribution is 7.20. The van der Waals surface area contributed by atoms with Crippen LogP contribution < -0.4 is 4.90 Å². The molecular weight excluding hydrogens is 400 g/mol. The van der Waals surface area contributed by atoms with E-state index in [0.717, 1.165) is 43.9 Å². The third-order valence-electron chi connectivity index (χ3n) is 5.53. The number of morpholine rings is 1. The van der Waals surface area contributed by atoms with Crippen LogP contribution in [0.3, 0.4) is 0 Å². The van der Waals surface area contributed by atoms with Gasteiger partial charge in [-0.1, -0.05) is 0 Å². The van der Waals surface area contributed by atoms with Gasteiger partial charge in [0.15, 0.2) is 11.6 Å². The molecule has 9 heteroatoms. The molecule has 30 heavy (non-hydrogen) atoms. The Morgan fingerprint density at radius 3 is 2.93 bits per heavy atom. The molecule has 5 heterocycles. The lowest BCUT2D eigenvalue weighted by Gasteiger charge is -2.34. The Kier molecular flexibility index (Phi) is 4.49. The number of hydrogen-bond acceptors (Lipinski definition) is 8. The topological polar surface area (TPSA) is 100 Å². The molecule has 0 aromatic carbocycles. The van der Waals surface area contributed by atoms with Gasteiger partial charge in [0.05, 0.1) is 46.8 Å². The van der Waals surface area contributed by atoms with Gasteiger partial charge in [-0.2, -0.15) is 5.10 Å². The highest BCUT2D eigenvalue weighted by Gasteiger charge is 2.30. The predicted octanol–water partition coefficient (Wildman–Crippen LogP) is 3.39. The smallest absolute Gasteiger partial charge is 0.183 e. The van der Waals surface area contributed by atoms with Gasteiger partial charge in [0.2, 0.25) is 0 Å². The monoisotopic (exact) mass is 424 g/mol. The molecule has 0 amide bonds.